The summed E-state index contributed by atoms with van der Waals surface area (Å²) in [6.45, 7) is 7.38. The van der Waals surface area contributed by atoms with E-state index in [-0.39, 0.29) is 0 Å². The Morgan fingerprint density at radius 1 is 1.00 bits per heavy atom. The van der Waals surface area contributed by atoms with Crippen LogP contribution in [0.2, 0.25) is 0 Å². The molecule has 2 atom stereocenters. The molecule has 2 unspecified atom stereocenters. The second kappa shape index (κ2) is 5.71. The van der Waals surface area contributed by atoms with E-state index in [4.69, 9.17) is 9.47 Å². The maximum absolute atomic E-state index is 11.5. The Kier molecular flexibility index (Phi) is 3.60. The fourth-order valence-electron chi connectivity index (χ4n) is 4.59. The van der Waals surface area contributed by atoms with Crippen LogP contribution in [0.15, 0.2) is 36.4 Å². The minimum absolute atomic E-state index is 0.338. The smallest absolute Gasteiger partial charge is 0.268 e. The standard InChI is InChI=1S/C22H25NO4/c1-14(2)15-3-5-19-20(12-15)27-22(25)18-6-4-17(23-7-9-26-10-8-23)11-16(18)13-21(19,22)24/h3-6,11-12,14,24-25H,7-10,13H2,1-2H3. The van der Waals surface area contributed by atoms with Crippen molar-refractivity contribution in [3.05, 3.63) is 58.7 Å². The fraction of sp³-hybridized carbons (Fsp3) is 0.455. The molecule has 142 valence electrons. The van der Waals surface area contributed by atoms with E-state index in [0.717, 1.165) is 43.1 Å². The Labute approximate surface area is 159 Å². The first-order valence-corrected chi connectivity index (χ1v) is 9.67. The lowest BCUT2D eigenvalue weighted by Gasteiger charge is -2.31. The van der Waals surface area contributed by atoms with Gasteiger partial charge in [0.05, 0.1) is 13.2 Å². The molecule has 0 amide bonds. The molecule has 0 saturated carbocycles. The first kappa shape index (κ1) is 17.0. The Balaban J connectivity index is 1.54. The molecule has 5 nitrogen and oxygen atoms in total. The molecule has 1 fully saturated rings. The third-order valence-electron chi connectivity index (χ3n) is 6.21. The molecular formula is C22H25NO4. The molecule has 0 spiro atoms. The summed E-state index contributed by atoms with van der Waals surface area (Å²) in [5.74, 6) is -0.801. The van der Waals surface area contributed by atoms with Crippen molar-refractivity contribution >= 4 is 5.69 Å². The number of benzene rings is 2. The second-order valence-electron chi connectivity index (χ2n) is 8.13. The lowest BCUT2D eigenvalue weighted by atomic mass is 9.87. The third kappa shape index (κ3) is 2.29. The van der Waals surface area contributed by atoms with Crippen LogP contribution < -0.4 is 9.64 Å². The van der Waals surface area contributed by atoms with E-state index in [0.29, 0.717) is 29.2 Å². The fourth-order valence-corrected chi connectivity index (χ4v) is 4.59. The van der Waals surface area contributed by atoms with Crippen LogP contribution in [0.4, 0.5) is 5.69 Å². The van der Waals surface area contributed by atoms with Crippen LogP contribution in [0.3, 0.4) is 0 Å². The molecule has 0 bridgehead atoms. The first-order valence-electron chi connectivity index (χ1n) is 9.67. The van der Waals surface area contributed by atoms with Crippen molar-refractivity contribution in [3.8, 4) is 5.75 Å². The molecule has 5 heteroatoms. The Morgan fingerprint density at radius 2 is 1.74 bits per heavy atom. The van der Waals surface area contributed by atoms with E-state index < -0.39 is 11.4 Å². The van der Waals surface area contributed by atoms with Crippen molar-refractivity contribution in [2.45, 2.75) is 37.6 Å². The summed E-state index contributed by atoms with van der Waals surface area (Å²) in [7, 11) is 0. The molecular weight excluding hydrogens is 342 g/mol. The zero-order chi connectivity index (χ0) is 18.8. The van der Waals surface area contributed by atoms with Gasteiger partial charge in [-0.15, -0.1) is 0 Å². The Morgan fingerprint density at radius 3 is 2.48 bits per heavy atom. The summed E-state index contributed by atoms with van der Waals surface area (Å²) in [6.07, 6.45) is 0.338. The molecule has 0 radical (unpaired) electrons. The highest BCUT2D eigenvalue weighted by atomic mass is 16.7. The van der Waals surface area contributed by atoms with Gasteiger partial charge in [0.1, 0.15) is 5.75 Å². The van der Waals surface area contributed by atoms with Gasteiger partial charge in [-0.2, -0.15) is 0 Å². The van der Waals surface area contributed by atoms with E-state index in [1.165, 1.54) is 0 Å². The van der Waals surface area contributed by atoms with Crippen molar-refractivity contribution in [2.24, 2.45) is 0 Å². The normalized spacial score (nSPS) is 28.7. The number of aliphatic hydroxyl groups is 2. The number of hydrogen-bond donors (Lipinski definition) is 2. The van der Waals surface area contributed by atoms with Gasteiger partial charge in [-0.1, -0.05) is 32.0 Å². The molecule has 2 aliphatic heterocycles. The van der Waals surface area contributed by atoms with E-state index in [1.807, 2.05) is 30.3 Å². The minimum Gasteiger partial charge on any atom is -0.454 e. The number of hydrogen-bond acceptors (Lipinski definition) is 5. The number of fused-ring (bicyclic) bond motifs is 5. The van der Waals surface area contributed by atoms with Gasteiger partial charge in [0.25, 0.3) is 5.79 Å². The van der Waals surface area contributed by atoms with Crippen molar-refractivity contribution in [1.29, 1.82) is 0 Å². The summed E-state index contributed by atoms with van der Waals surface area (Å²) < 4.78 is 11.4. The molecule has 2 heterocycles. The van der Waals surface area contributed by atoms with Gasteiger partial charge < -0.3 is 24.6 Å². The monoisotopic (exact) mass is 367 g/mol. The van der Waals surface area contributed by atoms with Crippen molar-refractivity contribution < 1.29 is 19.7 Å². The summed E-state index contributed by atoms with van der Waals surface area (Å²) in [5.41, 5.74) is 3.03. The summed E-state index contributed by atoms with van der Waals surface area (Å²) in [5, 5.41) is 22.9. The molecule has 1 aliphatic carbocycles. The SMILES string of the molecule is CC(C)c1ccc2c(c1)OC1(O)c3ccc(N4CCOCC4)cc3CC21O. The predicted molar refractivity (Wildman–Crippen MR) is 102 cm³/mol. The van der Waals surface area contributed by atoms with E-state index in [1.54, 1.807) is 0 Å². The van der Waals surface area contributed by atoms with E-state index >= 15 is 0 Å². The average molecular weight is 367 g/mol. The number of ether oxygens (including phenoxy) is 2. The minimum atomic E-state index is -1.73. The summed E-state index contributed by atoms with van der Waals surface area (Å²) in [6, 6.07) is 11.8. The highest BCUT2D eigenvalue weighted by Gasteiger charge is 2.65. The van der Waals surface area contributed by atoms with Gasteiger partial charge in [0.15, 0.2) is 5.60 Å². The Hall–Kier alpha value is -2.08. The van der Waals surface area contributed by atoms with E-state index in [9.17, 15) is 10.2 Å². The first-order chi connectivity index (χ1) is 12.9. The second-order valence-corrected chi connectivity index (χ2v) is 8.13. The number of morpholine rings is 1. The lowest BCUT2D eigenvalue weighted by molar-refractivity contribution is -0.242. The van der Waals surface area contributed by atoms with Crippen molar-refractivity contribution in [2.75, 3.05) is 31.2 Å². The topological polar surface area (TPSA) is 62.2 Å². The lowest BCUT2D eigenvalue weighted by Crippen LogP contribution is -2.45. The van der Waals surface area contributed by atoms with E-state index in [2.05, 4.69) is 24.8 Å². The largest absolute Gasteiger partial charge is 0.454 e. The third-order valence-corrected chi connectivity index (χ3v) is 6.21. The van der Waals surface area contributed by atoms with Gasteiger partial charge >= 0.3 is 0 Å². The van der Waals surface area contributed by atoms with Gasteiger partial charge in [-0.25, -0.2) is 0 Å². The maximum atomic E-state index is 11.5. The molecule has 2 N–H and O–H groups in total. The molecule has 1 saturated heterocycles. The molecule has 27 heavy (non-hydrogen) atoms. The van der Waals surface area contributed by atoms with Crippen LogP contribution >= 0.6 is 0 Å². The highest BCUT2D eigenvalue weighted by molar-refractivity contribution is 5.60. The molecule has 5 rings (SSSR count). The van der Waals surface area contributed by atoms with Crippen LogP contribution in [0.1, 0.15) is 42.0 Å². The molecule has 0 aromatic heterocycles. The van der Waals surface area contributed by atoms with Crippen molar-refractivity contribution in [1.82, 2.24) is 0 Å². The zero-order valence-corrected chi connectivity index (χ0v) is 15.7. The predicted octanol–water partition coefficient (Wildman–Crippen LogP) is 2.63. The summed E-state index contributed by atoms with van der Waals surface area (Å²) in [4.78, 5) is 2.27. The van der Waals surface area contributed by atoms with Crippen LogP contribution in [-0.4, -0.2) is 36.5 Å². The zero-order valence-electron chi connectivity index (χ0n) is 15.7. The van der Waals surface area contributed by atoms with Gasteiger partial charge in [-0.05, 0) is 35.2 Å². The van der Waals surface area contributed by atoms with Gasteiger partial charge in [-0.3, -0.25) is 0 Å². The van der Waals surface area contributed by atoms with Crippen LogP contribution in [0.5, 0.6) is 5.75 Å². The van der Waals surface area contributed by atoms with Crippen LogP contribution in [0.25, 0.3) is 0 Å². The molecule has 3 aliphatic rings. The van der Waals surface area contributed by atoms with Crippen LogP contribution in [-0.2, 0) is 22.5 Å². The van der Waals surface area contributed by atoms with Gasteiger partial charge in [0, 0.05) is 36.3 Å². The summed E-state index contributed by atoms with van der Waals surface area (Å²) >= 11 is 0. The number of rotatable bonds is 2. The van der Waals surface area contributed by atoms with Crippen molar-refractivity contribution in [3.63, 3.8) is 0 Å². The average Bonchev–Trinajstić information content (AvgIpc) is 3.02. The highest BCUT2D eigenvalue weighted by Crippen LogP contribution is 2.58. The Bertz CT molecular complexity index is 905. The number of anilines is 1. The van der Waals surface area contributed by atoms with Gasteiger partial charge in [0.2, 0.25) is 0 Å². The quantitative estimate of drug-likeness (QED) is 0.854. The molecule has 2 aromatic carbocycles. The number of nitrogens with zero attached hydrogens (tertiary/aromatic N) is 1. The molecule has 2 aromatic rings. The maximum Gasteiger partial charge on any atom is 0.268 e. The van der Waals surface area contributed by atoms with Crippen LogP contribution in [0, 0.1) is 0 Å².